The molecular formula is C7H14O5. The van der Waals surface area contributed by atoms with Crippen molar-refractivity contribution in [2.75, 3.05) is 13.2 Å². The van der Waals surface area contributed by atoms with Crippen LogP contribution in [0.3, 0.4) is 0 Å². The molecule has 5 heteroatoms. The van der Waals surface area contributed by atoms with E-state index in [4.69, 9.17) is 20.4 Å². The van der Waals surface area contributed by atoms with Crippen LogP contribution in [0.15, 0.2) is 12.2 Å². The second kappa shape index (κ2) is 10.1. The lowest BCUT2D eigenvalue weighted by atomic mass is 10.4. The van der Waals surface area contributed by atoms with Crippen LogP contribution in [-0.4, -0.2) is 45.7 Å². The van der Waals surface area contributed by atoms with Crippen molar-refractivity contribution in [3.8, 4) is 0 Å². The Morgan fingerprint density at radius 1 is 1.42 bits per heavy atom. The summed E-state index contributed by atoms with van der Waals surface area (Å²) in [6, 6.07) is 0. The molecule has 0 aliphatic carbocycles. The molecular weight excluding hydrogens is 164 g/mol. The summed E-state index contributed by atoms with van der Waals surface area (Å²) < 4.78 is 0. The Hall–Kier alpha value is -0.910. The maximum atomic E-state index is 9.51. The quantitative estimate of drug-likeness (QED) is 0.415. The van der Waals surface area contributed by atoms with Gasteiger partial charge in [-0.05, 0) is 6.92 Å². The summed E-state index contributed by atoms with van der Waals surface area (Å²) in [5, 5.41) is 31.8. The molecule has 12 heavy (non-hydrogen) atoms. The molecule has 72 valence electrons. The molecule has 0 aliphatic rings. The van der Waals surface area contributed by atoms with Crippen molar-refractivity contribution in [3.05, 3.63) is 12.2 Å². The van der Waals surface area contributed by atoms with Crippen molar-refractivity contribution in [2.24, 2.45) is 0 Å². The van der Waals surface area contributed by atoms with Gasteiger partial charge in [-0.2, -0.15) is 0 Å². The first-order chi connectivity index (χ1) is 5.58. The van der Waals surface area contributed by atoms with Gasteiger partial charge in [-0.25, -0.2) is 4.79 Å². The van der Waals surface area contributed by atoms with Gasteiger partial charge in [0.25, 0.3) is 0 Å². The van der Waals surface area contributed by atoms with E-state index in [2.05, 4.69) is 0 Å². The Kier molecular flexibility index (Phi) is 11.5. The van der Waals surface area contributed by atoms with Crippen LogP contribution in [-0.2, 0) is 4.79 Å². The number of aliphatic carboxylic acids is 1. The molecule has 0 saturated carbocycles. The average Bonchev–Trinajstić information content (AvgIpc) is 2.04. The molecule has 0 bridgehead atoms. The summed E-state index contributed by atoms with van der Waals surface area (Å²) in [6.45, 7) is 0.932. The number of carboxylic acids is 1. The van der Waals surface area contributed by atoms with E-state index >= 15 is 0 Å². The second-order valence-electron chi connectivity index (χ2n) is 1.86. The number of carboxylic acid groups (broad SMARTS) is 1. The number of rotatable bonds is 3. The first kappa shape index (κ1) is 13.7. The molecule has 0 spiro atoms. The molecule has 0 rings (SSSR count). The van der Waals surface area contributed by atoms with Crippen molar-refractivity contribution in [1.82, 2.24) is 0 Å². The Morgan fingerprint density at radius 2 is 1.83 bits per heavy atom. The summed E-state index contributed by atoms with van der Waals surface area (Å²) >= 11 is 0. The van der Waals surface area contributed by atoms with Gasteiger partial charge in [0.1, 0.15) is 6.10 Å². The van der Waals surface area contributed by atoms with Crippen LogP contribution in [0.1, 0.15) is 6.92 Å². The zero-order valence-corrected chi connectivity index (χ0v) is 6.84. The third kappa shape index (κ3) is 16.0. The lowest BCUT2D eigenvalue weighted by Gasteiger charge is -1.96. The number of hydrogen-bond acceptors (Lipinski definition) is 4. The maximum absolute atomic E-state index is 9.51. The normalized spacial score (nSPS) is 9.75. The molecule has 0 radical (unpaired) electrons. The third-order valence-electron chi connectivity index (χ3n) is 0.731. The minimum absolute atomic E-state index is 0.365. The van der Waals surface area contributed by atoms with Gasteiger partial charge in [-0.15, -0.1) is 0 Å². The van der Waals surface area contributed by atoms with Gasteiger partial charge in [0.15, 0.2) is 0 Å². The van der Waals surface area contributed by atoms with Crippen LogP contribution in [0.5, 0.6) is 0 Å². The number of aliphatic hydroxyl groups is 3. The molecule has 5 nitrogen and oxygen atoms in total. The van der Waals surface area contributed by atoms with Crippen LogP contribution >= 0.6 is 0 Å². The third-order valence-corrected chi connectivity index (χ3v) is 0.731. The van der Waals surface area contributed by atoms with Gasteiger partial charge in [0.2, 0.25) is 0 Å². The molecule has 0 fully saturated rings. The fraction of sp³-hybridized carbons (Fsp3) is 0.571. The Balaban J connectivity index is 0. The number of hydrogen-bond donors (Lipinski definition) is 4. The van der Waals surface area contributed by atoms with Gasteiger partial charge < -0.3 is 20.4 Å². The van der Waals surface area contributed by atoms with E-state index in [1.165, 1.54) is 6.08 Å². The predicted octanol–water partition coefficient (Wildman–Crippen LogP) is -1.02. The topological polar surface area (TPSA) is 98.0 Å². The largest absolute Gasteiger partial charge is 0.478 e. The summed E-state index contributed by atoms with van der Waals surface area (Å²) in [6.07, 6.45) is 1.60. The van der Waals surface area contributed by atoms with E-state index in [1.807, 2.05) is 0 Å². The van der Waals surface area contributed by atoms with E-state index in [-0.39, 0.29) is 13.2 Å². The Bertz CT molecular complexity index is 128. The highest BCUT2D eigenvalue weighted by molar-refractivity contribution is 5.79. The fourth-order valence-corrected chi connectivity index (χ4v) is 0.200. The van der Waals surface area contributed by atoms with E-state index in [0.717, 1.165) is 6.08 Å². The monoisotopic (exact) mass is 178 g/mol. The summed E-state index contributed by atoms with van der Waals surface area (Å²) in [4.78, 5) is 9.51. The lowest BCUT2D eigenvalue weighted by Crippen LogP contribution is -2.15. The molecule has 4 N–H and O–H groups in total. The van der Waals surface area contributed by atoms with Crippen molar-refractivity contribution >= 4 is 5.97 Å². The smallest absolute Gasteiger partial charge is 0.327 e. The number of carbonyl (C=O) groups is 1. The highest BCUT2D eigenvalue weighted by atomic mass is 16.4. The minimum Gasteiger partial charge on any atom is -0.478 e. The van der Waals surface area contributed by atoms with Gasteiger partial charge in [0.05, 0.1) is 13.2 Å². The molecule has 0 aromatic carbocycles. The van der Waals surface area contributed by atoms with Crippen molar-refractivity contribution in [1.29, 1.82) is 0 Å². The molecule has 0 heterocycles. The predicted molar refractivity (Wildman–Crippen MR) is 42.6 cm³/mol. The van der Waals surface area contributed by atoms with Crippen molar-refractivity contribution in [3.63, 3.8) is 0 Å². The van der Waals surface area contributed by atoms with Gasteiger partial charge in [0, 0.05) is 6.08 Å². The molecule has 0 unspecified atom stereocenters. The number of aliphatic hydroxyl groups excluding tert-OH is 3. The molecule has 0 atom stereocenters. The van der Waals surface area contributed by atoms with Crippen LogP contribution in [0, 0.1) is 0 Å². The van der Waals surface area contributed by atoms with E-state index in [9.17, 15) is 4.79 Å². The Morgan fingerprint density at radius 3 is 1.83 bits per heavy atom. The fourth-order valence-electron chi connectivity index (χ4n) is 0.200. The van der Waals surface area contributed by atoms with Gasteiger partial charge >= 0.3 is 5.97 Å². The van der Waals surface area contributed by atoms with E-state index in [0.29, 0.717) is 0 Å². The van der Waals surface area contributed by atoms with E-state index < -0.39 is 12.1 Å². The van der Waals surface area contributed by atoms with Crippen LogP contribution in [0.4, 0.5) is 0 Å². The summed E-state index contributed by atoms with van der Waals surface area (Å²) in [7, 11) is 0. The van der Waals surface area contributed by atoms with Gasteiger partial charge in [-0.1, -0.05) is 6.08 Å². The van der Waals surface area contributed by atoms with Crippen LogP contribution in [0.2, 0.25) is 0 Å². The zero-order chi connectivity index (χ0) is 9.98. The lowest BCUT2D eigenvalue weighted by molar-refractivity contribution is -0.131. The molecule has 0 aromatic rings. The summed E-state index contributed by atoms with van der Waals surface area (Å²) in [5.41, 5.74) is 0. The maximum Gasteiger partial charge on any atom is 0.327 e. The molecule has 0 aromatic heterocycles. The summed E-state index contributed by atoms with van der Waals surface area (Å²) in [5.74, 6) is -0.891. The van der Waals surface area contributed by atoms with Crippen LogP contribution in [0.25, 0.3) is 0 Å². The van der Waals surface area contributed by atoms with Crippen LogP contribution < -0.4 is 0 Å². The minimum atomic E-state index is -0.954. The Labute approximate surface area is 70.6 Å². The first-order valence-electron chi connectivity index (χ1n) is 3.33. The average molecular weight is 178 g/mol. The van der Waals surface area contributed by atoms with Crippen molar-refractivity contribution in [2.45, 2.75) is 13.0 Å². The standard InChI is InChI=1S/C4H6O2.C3H8O3/c1-2-3-4(5)6;4-1-3(6)2-5/h2-3H,1H3,(H,5,6);3-6H,1-2H2. The first-order valence-corrected chi connectivity index (χ1v) is 3.33. The highest BCUT2D eigenvalue weighted by Crippen LogP contribution is 1.71. The van der Waals surface area contributed by atoms with Gasteiger partial charge in [-0.3, -0.25) is 0 Å². The highest BCUT2D eigenvalue weighted by Gasteiger charge is 1.93. The second-order valence-corrected chi connectivity index (χ2v) is 1.86. The number of allylic oxidation sites excluding steroid dienone is 1. The van der Waals surface area contributed by atoms with E-state index in [1.54, 1.807) is 6.92 Å². The molecule has 0 saturated heterocycles. The SMILES string of the molecule is CC=CC(=O)O.OCC(O)CO. The zero-order valence-electron chi connectivity index (χ0n) is 6.84. The van der Waals surface area contributed by atoms with Crippen molar-refractivity contribution < 1.29 is 25.2 Å². The molecule has 0 amide bonds. The molecule has 0 aliphatic heterocycles.